The molecule has 2 fully saturated rings. The number of nitrogens with zero attached hydrogens (tertiary/aromatic N) is 1. The fraction of sp³-hybridized carbons (Fsp3) is 1.00. The monoisotopic (exact) mass is 185 g/mol. The predicted octanol–water partition coefficient (Wildman–Crippen LogP) is 1.10. The van der Waals surface area contributed by atoms with Crippen molar-refractivity contribution in [2.24, 2.45) is 5.84 Å². The highest BCUT2D eigenvalue weighted by molar-refractivity contribution is 4.97. The van der Waals surface area contributed by atoms with E-state index in [1.807, 2.05) is 18.9 Å². The standard InChI is InChI=1S/C8H17N3.C2H6/c9-11-6-4-8(7-11)3-1-2-5-10-8;1-2/h10H,1-7,9H2;1-2H3. The van der Waals surface area contributed by atoms with Crippen molar-refractivity contribution in [1.29, 1.82) is 0 Å². The number of hydrogen-bond donors (Lipinski definition) is 2. The molecule has 2 rings (SSSR count). The third-order valence-corrected chi connectivity index (χ3v) is 2.97. The summed E-state index contributed by atoms with van der Waals surface area (Å²) in [6.45, 7) is 7.30. The topological polar surface area (TPSA) is 41.3 Å². The van der Waals surface area contributed by atoms with Crippen LogP contribution in [0.2, 0.25) is 0 Å². The Morgan fingerprint density at radius 3 is 2.46 bits per heavy atom. The van der Waals surface area contributed by atoms with E-state index in [-0.39, 0.29) is 0 Å². The summed E-state index contributed by atoms with van der Waals surface area (Å²) in [5, 5.41) is 5.55. The molecule has 0 aliphatic carbocycles. The van der Waals surface area contributed by atoms with E-state index >= 15 is 0 Å². The van der Waals surface area contributed by atoms with Crippen LogP contribution in [0.4, 0.5) is 0 Å². The Bertz CT molecular complexity index is 136. The second kappa shape index (κ2) is 4.94. The summed E-state index contributed by atoms with van der Waals surface area (Å²) in [7, 11) is 0. The first-order valence-electron chi connectivity index (χ1n) is 5.55. The molecule has 0 radical (unpaired) electrons. The summed E-state index contributed by atoms with van der Waals surface area (Å²) < 4.78 is 0. The van der Waals surface area contributed by atoms with Crippen LogP contribution >= 0.6 is 0 Å². The van der Waals surface area contributed by atoms with Gasteiger partial charge in [0.25, 0.3) is 0 Å². The number of nitrogens with one attached hydrogen (secondary N) is 1. The molecule has 2 aliphatic heterocycles. The van der Waals surface area contributed by atoms with Crippen LogP contribution in [0.1, 0.15) is 39.5 Å². The van der Waals surface area contributed by atoms with Crippen LogP contribution in [0, 0.1) is 0 Å². The highest BCUT2D eigenvalue weighted by atomic mass is 15.4. The molecule has 0 aromatic rings. The van der Waals surface area contributed by atoms with Gasteiger partial charge < -0.3 is 5.32 Å². The molecule has 2 aliphatic rings. The van der Waals surface area contributed by atoms with E-state index in [1.54, 1.807) is 0 Å². The SMILES string of the molecule is CC.NN1CCC2(CCCCN2)C1. The van der Waals surface area contributed by atoms with Gasteiger partial charge in [-0.2, -0.15) is 0 Å². The minimum Gasteiger partial charge on any atom is -0.310 e. The number of piperidine rings is 1. The number of hydrogen-bond acceptors (Lipinski definition) is 3. The highest BCUT2D eigenvalue weighted by Crippen LogP contribution is 2.27. The first-order chi connectivity index (χ1) is 6.31. The largest absolute Gasteiger partial charge is 0.310 e. The van der Waals surface area contributed by atoms with Crippen molar-refractivity contribution >= 4 is 0 Å². The second-order valence-electron chi connectivity index (χ2n) is 3.88. The van der Waals surface area contributed by atoms with Crippen LogP contribution in [0.25, 0.3) is 0 Å². The van der Waals surface area contributed by atoms with Crippen molar-refractivity contribution < 1.29 is 0 Å². The maximum atomic E-state index is 5.73. The molecule has 3 nitrogen and oxygen atoms in total. The van der Waals surface area contributed by atoms with Gasteiger partial charge in [0.2, 0.25) is 0 Å². The van der Waals surface area contributed by atoms with Crippen LogP contribution in [0.5, 0.6) is 0 Å². The third-order valence-electron chi connectivity index (χ3n) is 2.97. The molecule has 1 unspecified atom stereocenters. The lowest BCUT2D eigenvalue weighted by Crippen LogP contribution is -2.51. The lowest BCUT2D eigenvalue weighted by Gasteiger charge is -2.34. The Labute approximate surface area is 81.6 Å². The fourth-order valence-corrected chi connectivity index (χ4v) is 2.28. The minimum absolute atomic E-state index is 0.396. The maximum Gasteiger partial charge on any atom is 0.0335 e. The Hall–Kier alpha value is -0.120. The van der Waals surface area contributed by atoms with Crippen molar-refractivity contribution in [2.75, 3.05) is 19.6 Å². The van der Waals surface area contributed by atoms with Crippen molar-refractivity contribution in [3.8, 4) is 0 Å². The molecular formula is C10H23N3. The Morgan fingerprint density at radius 2 is 2.00 bits per heavy atom. The third kappa shape index (κ3) is 2.66. The summed E-state index contributed by atoms with van der Waals surface area (Å²) in [5.41, 5.74) is 0.396. The lowest BCUT2D eigenvalue weighted by molar-refractivity contribution is 0.240. The van der Waals surface area contributed by atoms with Gasteiger partial charge in [-0.15, -0.1) is 0 Å². The zero-order valence-corrected chi connectivity index (χ0v) is 8.97. The summed E-state index contributed by atoms with van der Waals surface area (Å²) in [6.07, 6.45) is 5.28. The average Bonchev–Trinajstić information content (AvgIpc) is 2.52. The molecule has 3 heteroatoms. The van der Waals surface area contributed by atoms with Crippen molar-refractivity contribution in [3.63, 3.8) is 0 Å². The first-order valence-corrected chi connectivity index (χ1v) is 5.55. The molecule has 1 atom stereocenters. The molecule has 1 spiro atoms. The lowest BCUT2D eigenvalue weighted by atomic mass is 9.88. The van der Waals surface area contributed by atoms with E-state index in [2.05, 4.69) is 5.32 Å². The van der Waals surface area contributed by atoms with Gasteiger partial charge in [0, 0.05) is 18.6 Å². The number of rotatable bonds is 0. The molecule has 13 heavy (non-hydrogen) atoms. The number of nitrogens with two attached hydrogens (primary N) is 1. The van der Waals surface area contributed by atoms with Crippen LogP contribution in [0.15, 0.2) is 0 Å². The summed E-state index contributed by atoms with van der Waals surface area (Å²) >= 11 is 0. The van der Waals surface area contributed by atoms with E-state index in [0.717, 1.165) is 13.1 Å². The van der Waals surface area contributed by atoms with Crippen LogP contribution < -0.4 is 11.2 Å². The van der Waals surface area contributed by atoms with Crippen molar-refractivity contribution in [3.05, 3.63) is 0 Å². The normalized spacial score (nSPS) is 34.4. The van der Waals surface area contributed by atoms with Gasteiger partial charge in [0.15, 0.2) is 0 Å². The highest BCUT2D eigenvalue weighted by Gasteiger charge is 2.37. The van der Waals surface area contributed by atoms with Crippen molar-refractivity contribution in [1.82, 2.24) is 10.3 Å². The van der Waals surface area contributed by atoms with Crippen LogP contribution in [-0.2, 0) is 0 Å². The van der Waals surface area contributed by atoms with Gasteiger partial charge in [-0.3, -0.25) is 5.84 Å². The second-order valence-corrected chi connectivity index (χ2v) is 3.88. The van der Waals surface area contributed by atoms with Gasteiger partial charge in [-0.1, -0.05) is 20.3 Å². The van der Waals surface area contributed by atoms with Crippen LogP contribution in [0.3, 0.4) is 0 Å². The molecule has 3 N–H and O–H groups in total. The average molecular weight is 185 g/mol. The Morgan fingerprint density at radius 1 is 1.23 bits per heavy atom. The van der Waals surface area contributed by atoms with Gasteiger partial charge >= 0.3 is 0 Å². The predicted molar refractivity (Wildman–Crippen MR) is 56.3 cm³/mol. The Balaban J connectivity index is 0.000000396. The number of hydrazine groups is 1. The quantitative estimate of drug-likeness (QED) is 0.555. The Kier molecular flexibility index (Phi) is 4.16. The summed E-state index contributed by atoms with van der Waals surface area (Å²) in [4.78, 5) is 0. The van der Waals surface area contributed by atoms with E-state index in [9.17, 15) is 0 Å². The van der Waals surface area contributed by atoms with E-state index in [0.29, 0.717) is 5.54 Å². The molecule has 78 valence electrons. The van der Waals surface area contributed by atoms with E-state index in [4.69, 9.17) is 5.84 Å². The van der Waals surface area contributed by atoms with E-state index in [1.165, 1.54) is 32.2 Å². The zero-order valence-electron chi connectivity index (χ0n) is 8.97. The smallest absolute Gasteiger partial charge is 0.0335 e. The molecule has 0 bridgehead atoms. The first kappa shape index (κ1) is 11.0. The van der Waals surface area contributed by atoms with Gasteiger partial charge in [-0.05, 0) is 25.8 Å². The minimum atomic E-state index is 0.396. The summed E-state index contributed by atoms with van der Waals surface area (Å²) in [6, 6.07) is 0. The van der Waals surface area contributed by atoms with Crippen molar-refractivity contribution in [2.45, 2.75) is 45.1 Å². The molecule has 2 saturated heterocycles. The van der Waals surface area contributed by atoms with Gasteiger partial charge in [-0.25, -0.2) is 5.01 Å². The zero-order chi connectivity index (χ0) is 9.73. The molecule has 0 amide bonds. The molecule has 0 saturated carbocycles. The molecule has 2 heterocycles. The van der Waals surface area contributed by atoms with Crippen LogP contribution in [-0.4, -0.2) is 30.2 Å². The molecule has 0 aromatic heterocycles. The summed E-state index contributed by atoms with van der Waals surface area (Å²) in [5.74, 6) is 5.73. The molecular weight excluding hydrogens is 162 g/mol. The van der Waals surface area contributed by atoms with E-state index < -0.39 is 0 Å². The molecule has 0 aromatic carbocycles. The van der Waals surface area contributed by atoms with Gasteiger partial charge in [0.1, 0.15) is 0 Å². The maximum absolute atomic E-state index is 5.73. The fourth-order valence-electron chi connectivity index (χ4n) is 2.28. The van der Waals surface area contributed by atoms with Gasteiger partial charge in [0.05, 0.1) is 0 Å².